The highest BCUT2D eigenvalue weighted by atomic mass is 16.2. The molecule has 2 aliphatic heterocycles. The number of hydrazine groups is 1. The molecule has 2 aromatic rings. The van der Waals surface area contributed by atoms with Crippen molar-refractivity contribution >= 4 is 17.7 Å². The molecule has 5 nitrogen and oxygen atoms in total. The average Bonchev–Trinajstić information content (AvgIpc) is 3.29. The van der Waals surface area contributed by atoms with Crippen LogP contribution in [-0.2, 0) is 10.2 Å². The summed E-state index contributed by atoms with van der Waals surface area (Å²) in [7, 11) is 0. The third-order valence-corrected chi connectivity index (χ3v) is 7.69. The zero-order valence-corrected chi connectivity index (χ0v) is 16.3. The van der Waals surface area contributed by atoms with Crippen LogP contribution in [0.3, 0.4) is 0 Å². The lowest BCUT2D eigenvalue weighted by molar-refractivity contribution is -0.118. The van der Waals surface area contributed by atoms with Gasteiger partial charge in [0.2, 0.25) is 5.91 Å². The Morgan fingerprint density at radius 3 is 2.83 bits per heavy atom. The molecule has 6 rings (SSSR count). The van der Waals surface area contributed by atoms with Gasteiger partial charge in [0.1, 0.15) is 0 Å². The fourth-order valence-corrected chi connectivity index (χ4v) is 6.14. The molecule has 2 saturated carbocycles. The first kappa shape index (κ1) is 17.4. The number of nitrogens with zero attached hydrogens (tertiary/aromatic N) is 1. The number of aromatic nitrogens is 1. The van der Waals surface area contributed by atoms with Gasteiger partial charge in [-0.25, -0.2) is 0 Å². The molecule has 4 unspecified atom stereocenters. The van der Waals surface area contributed by atoms with Crippen LogP contribution in [-0.4, -0.2) is 23.0 Å². The van der Waals surface area contributed by atoms with Gasteiger partial charge in [-0.1, -0.05) is 30.4 Å². The normalized spacial score (nSPS) is 37.5. The number of hydrogen-bond donors (Lipinski definition) is 3. The molecule has 1 amide bonds. The minimum Gasteiger partial charge on any atom is -0.325 e. The van der Waals surface area contributed by atoms with Crippen molar-refractivity contribution < 1.29 is 4.79 Å². The van der Waals surface area contributed by atoms with Crippen LogP contribution in [0.1, 0.15) is 36.8 Å². The van der Waals surface area contributed by atoms with Crippen LogP contribution in [0.2, 0.25) is 0 Å². The topological polar surface area (TPSA) is 66.0 Å². The minimum atomic E-state index is -0.249. The molecule has 3 heterocycles. The van der Waals surface area contributed by atoms with Gasteiger partial charge in [-0.3, -0.25) is 20.6 Å². The maximum absolute atomic E-state index is 12.8. The molecule has 1 spiro atoms. The summed E-state index contributed by atoms with van der Waals surface area (Å²) in [6.45, 7) is 0. The number of anilines is 1. The third-order valence-electron chi connectivity index (χ3n) is 7.69. The second-order valence-electron chi connectivity index (χ2n) is 9.08. The summed E-state index contributed by atoms with van der Waals surface area (Å²) in [5, 5.41) is 3.12. The Balaban J connectivity index is 1.15. The van der Waals surface area contributed by atoms with Crippen molar-refractivity contribution in [1.82, 2.24) is 15.8 Å². The van der Waals surface area contributed by atoms with Gasteiger partial charge in [0.15, 0.2) is 0 Å². The summed E-state index contributed by atoms with van der Waals surface area (Å²) >= 11 is 0. The van der Waals surface area contributed by atoms with Crippen molar-refractivity contribution in [3.63, 3.8) is 0 Å². The highest BCUT2D eigenvalue weighted by Gasteiger charge is 2.67. The van der Waals surface area contributed by atoms with Gasteiger partial charge in [0, 0.05) is 30.2 Å². The van der Waals surface area contributed by atoms with Crippen molar-refractivity contribution in [2.75, 3.05) is 5.32 Å². The average molecular weight is 386 g/mol. The van der Waals surface area contributed by atoms with Crippen molar-refractivity contribution in [3.05, 3.63) is 66.0 Å². The Labute approximate surface area is 171 Å². The first-order valence-electron chi connectivity index (χ1n) is 10.8. The van der Waals surface area contributed by atoms with E-state index in [1.165, 1.54) is 24.0 Å². The van der Waals surface area contributed by atoms with Gasteiger partial charge in [0.25, 0.3) is 0 Å². The molecule has 0 bridgehead atoms. The molecular weight excluding hydrogens is 360 g/mol. The maximum Gasteiger partial charge on any atom is 0.235 e. The van der Waals surface area contributed by atoms with E-state index < -0.39 is 0 Å². The smallest absolute Gasteiger partial charge is 0.235 e. The predicted molar refractivity (Wildman–Crippen MR) is 113 cm³/mol. The maximum atomic E-state index is 12.8. The molecule has 5 heteroatoms. The van der Waals surface area contributed by atoms with Gasteiger partial charge < -0.3 is 5.32 Å². The SMILES string of the molecule is O=C1Nc2ccccc2[C@]12C[C@H]2C1CCC2C(/C=C/c3ccncc3)NNC2C1. The molecule has 0 radical (unpaired) electrons. The molecule has 3 N–H and O–H groups in total. The van der Waals surface area contributed by atoms with Gasteiger partial charge in [0.05, 0.1) is 5.41 Å². The van der Waals surface area contributed by atoms with E-state index in [1.54, 1.807) is 0 Å². The number of pyridine rings is 1. The van der Waals surface area contributed by atoms with Crippen LogP contribution >= 0.6 is 0 Å². The van der Waals surface area contributed by atoms with Crippen LogP contribution < -0.4 is 16.2 Å². The number of hydrogen-bond acceptors (Lipinski definition) is 4. The molecule has 4 aliphatic rings. The molecule has 29 heavy (non-hydrogen) atoms. The number of para-hydroxylation sites is 1. The minimum absolute atomic E-state index is 0.224. The Bertz CT molecular complexity index is 974. The van der Waals surface area contributed by atoms with Crippen LogP contribution in [0.15, 0.2) is 54.9 Å². The molecule has 1 aromatic carbocycles. The standard InChI is InChI=1S/C24H26N4O/c29-23-24(18-3-1-2-4-21(18)26-23)14-19(24)16-6-7-17-20(27-28-22(17)13-16)8-5-15-9-11-25-12-10-15/h1-5,8-12,16-17,19-20,22,27-28H,6-7,13-14H2,(H,26,29)/b8-5+/t16?,17?,19-,20?,22?,24-/m0/s1. The number of carbonyl (C=O) groups is 1. The Morgan fingerprint density at radius 2 is 1.93 bits per heavy atom. The van der Waals surface area contributed by atoms with Crippen molar-refractivity contribution in [1.29, 1.82) is 0 Å². The third kappa shape index (κ3) is 2.68. The monoisotopic (exact) mass is 386 g/mol. The molecule has 148 valence electrons. The van der Waals surface area contributed by atoms with Gasteiger partial charge >= 0.3 is 0 Å². The van der Waals surface area contributed by atoms with E-state index in [9.17, 15) is 4.79 Å². The lowest BCUT2D eigenvalue weighted by atomic mass is 9.73. The number of benzene rings is 1. The van der Waals surface area contributed by atoms with E-state index in [4.69, 9.17) is 0 Å². The summed E-state index contributed by atoms with van der Waals surface area (Å²) < 4.78 is 0. The van der Waals surface area contributed by atoms with Gasteiger partial charge in [-0.2, -0.15) is 0 Å². The van der Waals surface area contributed by atoms with E-state index >= 15 is 0 Å². The highest BCUT2D eigenvalue weighted by Crippen LogP contribution is 2.64. The molecular formula is C24H26N4O. The van der Waals surface area contributed by atoms with Crippen LogP contribution in [0.5, 0.6) is 0 Å². The predicted octanol–water partition coefficient (Wildman–Crippen LogP) is 3.27. The lowest BCUT2D eigenvalue weighted by Gasteiger charge is -2.33. The summed E-state index contributed by atoms with van der Waals surface area (Å²) in [6.07, 6.45) is 12.7. The number of fused-ring (bicyclic) bond motifs is 3. The number of nitrogens with one attached hydrogen (secondary N) is 3. The summed E-state index contributed by atoms with van der Waals surface area (Å²) in [4.78, 5) is 16.9. The van der Waals surface area contributed by atoms with Gasteiger partial charge in [-0.15, -0.1) is 0 Å². The Hall–Kier alpha value is -2.50. The lowest BCUT2D eigenvalue weighted by Crippen LogP contribution is -2.37. The first-order chi connectivity index (χ1) is 14.3. The molecule has 2 aliphatic carbocycles. The fourth-order valence-electron chi connectivity index (χ4n) is 6.14. The largest absolute Gasteiger partial charge is 0.325 e. The van der Waals surface area contributed by atoms with E-state index in [1.807, 2.05) is 36.7 Å². The van der Waals surface area contributed by atoms with E-state index in [0.29, 0.717) is 29.8 Å². The summed E-state index contributed by atoms with van der Waals surface area (Å²) in [5.41, 5.74) is 10.2. The molecule has 6 atom stereocenters. The molecule has 1 saturated heterocycles. The fraction of sp³-hybridized carbons (Fsp3) is 0.417. The van der Waals surface area contributed by atoms with Crippen molar-refractivity contribution in [3.8, 4) is 0 Å². The molecule has 3 fully saturated rings. The quantitative estimate of drug-likeness (QED) is 0.758. The van der Waals surface area contributed by atoms with Crippen molar-refractivity contribution in [2.24, 2.45) is 17.8 Å². The Morgan fingerprint density at radius 1 is 1.07 bits per heavy atom. The zero-order valence-electron chi connectivity index (χ0n) is 16.3. The number of rotatable bonds is 3. The Kier molecular flexibility index (Phi) is 3.90. The van der Waals surface area contributed by atoms with E-state index in [-0.39, 0.29) is 11.3 Å². The van der Waals surface area contributed by atoms with Crippen LogP contribution in [0.4, 0.5) is 5.69 Å². The number of carbonyl (C=O) groups excluding carboxylic acids is 1. The van der Waals surface area contributed by atoms with Crippen molar-refractivity contribution in [2.45, 2.75) is 43.2 Å². The second-order valence-corrected chi connectivity index (χ2v) is 9.08. The van der Waals surface area contributed by atoms with Crippen LogP contribution in [0.25, 0.3) is 6.08 Å². The first-order valence-corrected chi connectivity index (χ1v) is 10.8. The summed E-state index contributed by atoms with van der Waals surface area (Å²) in [5.74, 6) is 1.94. The summed E-state index contributed by atoms with van der Waals surface area (Å²) in [6, 6.07) is 13.2. The molecule has 1 aromatic heterocycles. The highest BCUT2D eigenvalue weighted by molar-refractivity contribution is 6.08. The second kappa shape index (κ2) is 6.51. The van der Waals surface area contributed by atoms with E-state index in [2.05, 4.69) is 45.4 Å². The number of amides is 1. The van der Waals surface area contributed by atoms with E-state index in [0.717, 1.165) is 18.5 Å². The zero-order chi connectivity index (χ0) is 19.4. The van der Waals surface area contributed by atoms with Crippen LogP contribution in [0, 0.1) is 17.8 Å². The van der Waals surface area contributed by atoms with Gasteiger partial charge in [-0.05, 0) is 72.8 Å².